The molecule has 0 spiro atoms. The Hall–Kier alpha value is -1.52. The fourth-order valence-corrected chi connectivity index (χ4v) is 3.00. The van der Waals surface area contributed by atoms with E-state index in [-0.39, 0.29) is 6.04 Å². The number of ether oxygens (including phenoxy) is 2. The number of hydrogen-bond acceptors (Lipinski definition) is 4. The lowest BCUT2D eigenvalue weighted by Crippen LogP contribution is -2.45. The van der Waals surface area contributed by atoms with E-state index in [4.69, 9.17) is 9.47 Å². The summed E-state index contributed by atoms with van der Waals surface area (Å²) in [7, 11) is 3.45. The van der Waals surface area contributed by atoms with Gasteiger partial charge in [-0.2, -0.15) is 0 Å². The Labute approximate surface area is 127 Å². The Balaban J connectivity index is 2.44. The molecule has 21 heavy (non-hydrogen) atoms. The molecule has 1 atom stereocenters. The molecule has 4 nitrogen and oxygen atoms in total. The maximum Gasteiger partial charge on any atom is 0.127 e. The van der Waals surface area contributed by atoms with E-state index in [1.54, 1.807) is 14.2 Å². The molecule has 0 amide bonds. The summed E-state index contributed by atoms with van der Waals surface area (Å²) in [5, 5.41) is 3.40. The lowest BCUT2D eigenvalue weighted by atomic mass is 9.97. The van der Waals surface area contributed by atoms with Crippen LogP contribution in [0.2, 0.25) is 0 Å². The summed E-state index contributed by atoms with van der Waals surface area (Å²) in [6.45, 7) is 10.1. The number of rotatable bonds is 6. The molecule has 1 aromatic carbocycles. The van der Waals surface area contributed by atoms with Crippen molar-refractivity contribution in [3.8, 4) is 11.5 Å². The van der Waals surface area contributed by atoms with Crippen LogP contribution in [0.25, 0.3) is 0 Å². The zero-order valence-electron chi connectivity index (χ0n) is 13.3. The molecule has 0 unspecified atom stereocenters. The molecule has 0 aromatic heterocycles. The van der Waals surface area contributed by atoms with Crippen molar-refractivity contribution < 1.29 is 9.47 Å². The number of piperazine rings is 1. The van der Waals surface area contributed by atoms with E-state index in [1.165, 1.54) is 0 Å². The average Bonchev–Trinajstić information content (AvgIpc) is 2.53. The van der Waals surface area contributed by atoms with Gasteiger partial charge in [-0.05, 0) is 31.0 Å². The van der Waals surface area contributed by atoms with Gasteiger partial charge in [0.15, 0.2) is 0 Å². The highest BCUT2D eigenvalue weighted by atomic mass is 16.5. The largest absolute Gasteiger partial charge is 0.496 e. The second-order valence-electron chi connectivity index (χ2n) is 5.41. The van der Waals surface area contributed by atoms with Crippen molar-refractivity contribution in [3.63, 3.8) is 0 Å². The number of benzene rings is 1. The molecular weight excluding hydrogens is 264 g/mol. The van der Waals surface area contributed by atoms with Gasteiger partial charge in [0.1, 0.15) is 11.5 Å². The Bertz CT molecular complexity index is 457. The third-order valence-corrected chi connectivity index (χ3v) is 4.00. The van der Waals surface area contributed by atoms with Gasteiger partial charge in [0.05, 0.1) is 19.8 Å². The zero-order valence-corrected chi connectivity index (χ0v) is 13.3. The summed E-state index contributed by atoms with van der Waals surface area (Å²) in [6, 6.07) is 4.40. The van der Waals surface area contributed by atoms with Crippen LogP contribution in [-0.4, -0.2) is 45.3 Å². The normalized spacial score (nSPS) is 17.3. The van der Waals surface area contributed by atoms with E-state index < -0.39 is 0 Å². The van der Waals surface area contributed by atoms with E-state index in [9.17, 15) is 0 Å². The van der Waals surface area contributed by atoms with Gasteiger partial charge >= 0.3 is 0 Å². The molecule has 1 heterocycles. The molecule has 4 heteroatoms. The van der Waals surface area contributed by atoms with Gasteiger partial charge in [0.2, 0.25) is 0 Å². The highest BCUT2D eigenvalue weighted by molar-refractivity contribution is 5.50. The highest BCUT2D eigenvalue weighted by Gasteiger charge is 2.27. The number of nitrogens with zero attached hydrogens (tertiary/aromatic N) is 1. The third-order valence-electron chi connectivity index (χ3n) is 4.00. The minimum Gasteiger partial charge on any atom is -0.496 e. The summed E-state index contributed by atoms with van der Waals surface area (Å²) in [6.07, 6.45) is 2.86. The van der Waals surface area contributed by atoms with Gasteiger partial charge < -0.3 is 14.8 Å². The number of hydrogen-bond donors (Lipinski definition) is 1. The summed E-state index contributed by atoms with van der Waals surface area (Å²) in [5.41, 5.74) is 2.28. The highest BCUT2D eigenvalue weighted by Crippen LogP contribution is 2.40. The molecule has 0 bridgehead atoms. The second-order valence-corrected chi connectivity index (χ2v) is 5.41. The van der Waals surface area contributed by atoms with Crippen LogP contribution in [0, 0.1) is 6.92 Å². The molecule has 116 valence electrons. The molecule has 1 aromatic rings. The lowest BCUT2D eigenvalue weighted by molar-refractivity contribution is 0.168. The van der Waals surface area contributed by atoms with Crippen LogP contribution in [0.15, 0.2) is 24.8 Å². The molecule has 1 aliphatic rings. The molecule has 1 aliphatic heterocycles. The van der Waals surface area contributed by atoms with Crippen molar-refractivity contribution in [2.45, 2.75) is 19.4 Å². The van der Waals surface area contributed by atoms with Crippen LogP contribution in [-0.2, 0) is 0 Å². The minimum absolute atomic E-state index is 0.245. The first-order valence-electron chi connectivity index (χ1n) is 7.49. The molecule has 0 radical (unpaired) electrons. The van der Waals surface area contributed by atoms with Gasteiger partial charge in [0, 0.05) is 32.2 Å². The number of aryl methyl sites for hydroxylation is 1. The average molecular weight is 290 g/mol. The summed E-state index contributed by atoms with van der Waals surface area (Å²) >= 11 is 0. The van der Waals surface area contributed by atoms with Crippen LogP contribution >= 0.6 is 0 Å². The van der Waals surface area contributed by atoms with Gasteiger partial charge in [-0.1, -0.05) is 6.08 Å². The van der Waals surface area contributed by atoms with E-state index in [0.29, 0.717) is 0 Å². The fourth-order valence-electron chi connectivity index (χ4n) is 3.00. The van der Waals surface area contributed by atoms with Crippen molar-refractivity contribution >= 4 is 0 Å². The fraction of sp³-hybridized carbons (Fsp3) is 0.529. The van der Waals surface area contributed by atoms with Gasteiger partial charge in [-0.15, -0.1) is 6.58 Å². The lowest BCUT2D eigenvalue weighted by Gasteiger charge is -2.36. The summed E-state index contributed by atoms with van der Waals surface area (Å²) in [5.74, 6) is 1.80. The first-order valence-corrected chi connectivity index (χ1v) is 7.49. The van der Waals surface area contributed by atoms with Crippen LogP contribution in [0.5, 0.6) is 11.5 Å². The van der Waals surface area contributed by atoms with Gasteiger partial charge in [0.25, 0.3) is 0 Å². The molecule has 0 aliphatic carbocycles. The van der Waals surface area contributed by atoms with Crippen molar-refractivity contribution in [1.29, 1.82) is 0 Å². The molecule has 1 fully saturated rings. The third kappa shape index (κ3) is 3.57. The van der Waals surface area contributed by atoms with E-state index >= 15 is 0 Å². The first-order chi connectivity index (χ1) is 10.2. The Kier molecular flexibility index (Phi) is 5.65. The Morgan fingerprint density at radius 1 is 1.24 bits per heavy atom. The predicted molar refractivity (Wildman–Crippen MR) is 86.3 cm³/mol. The van der Waals surface area contributed by atoms with Crippen molar-refractivity contribution in [2.75, 3.05) is 40.4 Å². The van der Waals surface area contributed by atoms with Crippen molar-refractivity contribution in [3.05, 3.63) is 35.9 Å². The van der Waals surface area contributed by atoms with Crippen LogP contribution < -0.4 is 14.8 Å². The van der Waals surface area contributed by atoms with Crippen molar-refractivity contribution in [1.82, 2.24) is 10.2 Å². The topological polar surface area (TPSA) is 33.7 Å². The maximum absolute atomic E-state index is 5.63. The molecular formula is C17H26N2O2. The SMILES string of the molecule is C=CC[C@@H](c1c(OC)cc(C)cc1OC)N1CCNCC1. The molecule has 1 N–H and O–H groups in total. The Morgan fingerprint density at radius 2 is 1.81 bits per heavy atom. The zero-order chi connectivity index (χ0) is 15.2. The molecule has 1 saturated heterocycles. The van der Waals surface area contributed by atoms with E-state index in [1.807, 2.05) is 6.08 Å². The summed E-state index contributed by atoms with van der Waals surface area (Å²) in [4.78, 5) is 2.48. The second kappa shape index (κ2) is 7.48. The van der Waals surface area contributed by atoms with Gasteiger partial charge in [-0.3, -0.25) is 4.90 Å². The van der Waals surface area contributed by atoms with Gasteiger partial charge in [-0.25, -0.2) is 0 Å². The van der Waals surface area contributed by atoms with Crippen molar-refractivity contribution in [2.24, 2.45) is 0 Å². The van der Waals surface area contributed by atoms with Crippen LogP contribution in [0.1, 0.15) is 23.6 Å². The quantitative estimate of drug-likeness (QED) is 0.816. The van der Waals surface area contributed by atoms with Crippen LogP contribution in [0.3, 0.4) is 0 Å². The number of methoxy groups -OCH3 is 2. The number of nitrogens with one attached hydrogen (secondary N) is 1. The van der Waals surface area contributed by atoms with E-state index in [2.05, 4.69) is 35.9 Å². The maximum atomic E-state index is 5.63. The Morgan fingerprint density at radius 3 is 2.29 bits per heavy atom. The molecule has 0 saturated carbocycles. The minimum atomic E-state index is 0.245. The van der Waals surface area contributed by atoms with E-state index in [0.717, 1.165) is 55.2 Å². The standard InChI is InChI=1S/C17H26N2O2/c1-5-6-14(19-9-7-18-8-10-19)17-15(20-3)11-13(2)12-16(17)21-4/h5,11-12,14,18H,1,6-10H2,2-4H3/t14-/m0/s1. The first kappa shape index (κ1) is 15.9. The van der Waals surface area contributed by atoms with Crippen LogP contribution in [0.4, 0.5) is 0 Å². The monoisotopic (exact) mass is 290 g/mol. The molecule has 2 rings (SSSR count). The summed E-state index contributed by atoms with van der Waals surface area (Å²) < 4.78 is 11.3. The smallest absolute Gasteiger partial charge is 0.127 e. The predicted octanol–water partition coefficient (Wildman–Crippen LogP) is 2.53.